The Morgan fingerprint density at radius 1 is 1.43 bits per heavy atom. The normalized spacial score (nSPS) is 27.7. The molecule has 3 rings (SSSR count). The fraction of sp³-hybridized carbons (Fsp3) is 0.706. The zero-order valence-electron chi connectivity index (χ0n) is 13.5. The van der Waals surface area contributed by atoms with Gasteiger partial charge < -0.3 is 4.90 Å². The van der Waals surface area contributed by atoms with E-state index in [2.05, 4.69) is 50.0 Å². The van der Waals surface area contributed by atoms with Crippen LogP contribution >= 0.6 is 11.3 Å². The Morgan fingerprint density at radius 2 is 2.14 bits per heavy atom. The number of nitrogens with one attached hydrogen (secondary N) is 1. The molecule has 1 saturated heterocycles. The topological polar surface area (TPSA) is 32.3 Å². The number of hydrogen-bond acceptors (Lipinski definition) is 3. The quantitative estimate of drug-likeness (QED) is 0.899. The molecule has 3 nitrogen and oxygen atoms in total. The molecule has 1 aliphatic heterocycles. The third-order valence-corrected chi connectivity index (χ3v) is 6.35. The highest BCUT2D eigenvalue weighted by Crippen LogP contribution is 2.53. The molecule has 1 aromatic heterocycles. The fourth-order valence-electron chi connectivity index (χ4n) is 3.39. The van der Waals surface area contributed by atoms with Crippen LogP contribution in [0.25, 0.3) is 0 Å². The predicted molar refractivity (Wildman–Crippen MR) is 87.2 cm³/mol. The second-order valence-electron chi connectivity index (χ2n) is 6.96. The van der Waals surface area contributed by atoms with E-state index in [-0.39, 0.29) is 12.2 Å². The van der Waals surface area contributed by atoms with Gasteiger partial charge in [-0.3, -0.25) is 10.1 Å². The Bertz CT molecular complexity index is 533. The second kappa shape index (κ2) is 5.40. The van der Waals surface area contributed by atoms with Gasteiger partial charge in [-0.05, 0) is 49.7 Å². The van der Waals surface area contributed by atoms with Gasteiger partial charge in [0.15, 0.2) is 0 Å². The van der Waals surface area contributed by atoms with Crippen LogP contribution in [0.1, 0.15) is 56.0 Å². The monoisotopic (exact) mass is 306 g/mol. The molecule has 1 N–H and O–H groups in total. The third-order valence-electron chi connectivity index (χ3n) is 5.29. The van der Waals surface area contributed by atoms with E-state index >= 15 is 0 Å². The van der Waals surface area contributed by atoms with Crippen LogP contribution in [0.15, 0.2) is 12.1 Å². The number of nitrogens with zero attached hydrogens (tertiary/aromatic N) is 1. The van der Waals surface area contributed by atoms with Crippen LogP contribution in [0.2, 0.25) is 0 Å². The first-order chi connectivity index (χ1) is 9.97. The largest absolute Gasteiger partial charge is 0.320 e. The third kappa shape index (κ3) is 2.64. The number of carbonyl (C=O) groups is 1. The lowest BCUT2D eigenvalue weighted by Gasteiger charge is -2.30. The summed E-state index contributed by atoms with van der Waals surface area (Å²) in [7, 11) is 0. The van der Waals surface area contributed by atoms with Crippen LogP contribution in [0.3, 0.4) is 0 Å². The van der Waals surface area contributed by atoms with Crippen molar-refractivity contribution in [1.29, 1.82) is 0 Å². The molecule has 0 aromatic carbocycles. The molecule has 1 amide bonds. The Balaban J connectivity index is 1.85. The highest BCUT2D eigenvalue weighted by atomic mass is 32.1. The molecule has 2 atom stereocenters. The Morgan fingerprint density at radius 3 is 2.62 bits per heavy atom. The minimum Gasteiger partial charge on any atom is -0.320 e. The molecule has 0 bridgehead atoms. The van der Waals surface area contributed by atoms with Crippen molar-refractivity contribution in [2.24, 2.45) is 11.3 Å². The fourth-order valence-corrected chi connectivity index (χ4v) is 4.35. The van der Waals surface area contributed by atoms with Crippen molar-refractivity contribution in [3.05, 3.63) is 21.9 Å². The van der Waals surface area contributed by atoms with E-state index in [0.29, 0.717) is 17.2 Å². The lowest BCUT2D eigenvalue weighted by atomic mass is 9.91. The summed E-state index contributed by atoms with van der Waals surface area (Å²) in [4.78, 5) is 17.4. The summed E-state index contributed by atoms with van der Waals surface area (Å²) in [5.41, 5.74) is 0.366. The van der Waals surface area contributed by atoms with Gasteiger partial charge in [-0.15, -0.1) is 11.3 Å². The summed E-state index contributed by atoms with van der Waals surface area (Å²) >= 11 is 1.80. The van der Waals surface area contributed by atoms with E-state index < -0.39 is 0 Å². The van der Waals surface area contributed by atoms with Gasteiger partial charge in [0.1, 0.15) is 6.17 Å². The first-order valence-electron chi connectivity index (χ1n) is 8.10. The zero-order chi connectivity index (χ0) is 15.2. The van der Waals surface area contributed by atoms with Crippen molar-refractivity contribution in [2.45, 2.75) is 59.2 Å². The molecule has 4 heteroatoms. The summed E-state index contributed by atoms with van der Waals surface area (Å²) in [6.07, 6.45) is 3.48. The molecular formula is C17H26N2OS. The molecule has 2 heterocycles. The highest BCUT2D eigenvalue weighted by molar-refractivity contribution is 7.12. The minimum absolute atomic E-state index is 0.0135. The minimum atomic E-state index is -0.0135. The molecular weight excluding hydrogens is 280 g/mol. The van der Waals surface area contributed by atoms with Gasteiger partial charge in [0.2, 0.25) is 5.91 Å². The number of aryl methyl sites for hydroxylation is 1. The van der Waals surface area contributed by atoms with E-state index in [1.807, 2.05) is 0 Å². The van der Waals surface area contributed by atoms with Gasteiger partial charge in [-0.25, -0.2) is 0 Å². The smallest absolute Gasteiger partial charge is 0.241 e. The molecule has 2 unspecified atom stereocenters. The molecule has 2 fully saturated rings. The van der Waals surface area contributed by atoms with Crippen molar-refractivity contribution in [3.63, 3.8) is 0 Å². The lowest BCUT2D eigenvalue weighted by Crippen LogP contribution is -2.37. The molecule has 0 radical (unpaired) electrons. The van der Waals surface area contributed by atoms with Crippen molar-refractivity contribution in [3.8, 4) is 0 Å². The molecule has 1 saturated carbocycles. The average Bonchev–Trinajstić information content (AvgIpc) is 3.02. The van der Waals surface area contributed by atoms with E-state index in [4.69, 9.17) is 0 Å². The Labute approximate surface area is 131 Å². The molecule has 116 valence electrons. The van der Waals surface area contributed by atoms with E-state index in [9.17, 15) is 4.79 Å². The first-order valence-corrected chi connectivity index (χ1v) is 8.91. The zero-order valence-corrected chi connectivity index (χ0v) is 14.3. The SMILES string of the molecule is CCC1NC(c2ccc(C)s2)N(CC2(C(C)C)CC2)C1=O. The van der Waals surface area contributed by atoms with Crippen molar-refractivity contribution in [1.82, 2.24) is 10.2 Å². The van der Waals surface area contributed by atoms with Gasteiger partial charge in [0.25, 0.3) is 0 Å². The van der Waals surface area contributed by atoms with Crippen molar-refractivity contribution < 1.29 is 4.79 Å². The molecule has 1 aliphatic carbocycles. The average molecular weight is 306 g/mol. The lowest BCUT2D eigenvalue weighted by molar-refractivity contribution is -0.131. The molecule has 21 heavy (non-hydrogen) atoms. The number of amides is 1. The van der Waals surface area contributed by atoms with E-state index in [1.165, 1.54) is 22.6 Å². The number of carbonyl (C=O) groups excluding carboxylic acids is 1. The number of thiophene rings is 1. The summed E-state index contributed by atoms with van der Waals surface area (Å²) in [6.45, 7) is 9.72. The van der Waals surface area contributed by atoms with Crippen LogP contribution in [0.4, 0.5) is 0 Å². The summed E-state index contributed by atoms with van der Waals surface area (Å²) < 4.78 is 0. The van der Waals surface area contributed by atoms with Crippen molar-refractivity contribution >= 4 is 17.2 Å². The highest BCUT2D eigenvalue weighted by Gasteiger charge is 2.50. The first kappa shape index (κ1) is 15.0. The number of rotatable bonds is 5. The predicted octanol–water partition coefficient (Wildman–Crippen LogP) is 3.70. The maximum absolute atomic E-state index is 12.7. The Kier molecular flexibility index (Phi) is 3.87. The van der Waals surface area contributed by atoms with Crippen LogP contribution in [-0.2, 0) is 4.79 Å². The van der Waals surface area contributed by atoms with Crippen LogP contribution in [-0.4, -0.2) is 23.4 Å². The Hall–Kier alpha value is -0.870. The van der Waals surface area contributed by atoms with Gasteiger partial charge >= 0.3 is 0 Å². The molecule has 2 aliphatic rings. The van der Waals surface area contributed by atoms with Gasteiger partial charge in [0.05, 0.1) is 6.04 Å². The molecule has 0 spiro atoms. The summed E-state index contributed by atoms with van der Waals surface area (Å²) in [6, 6.07) is 4.31. The van der Waals surface area contributed by atoms with E-state index in [0.717, 1.165) is 13.0 Å². The standard InChI is InChI=1S/C17H26N2OS/c1-5-13-16(20)19(10-17(8-9-17)11(2)3)15(18-13)14-7-6-12(4)21-14/h6-7,11,13,15,18H,5,8-10H2,1-4H3. The number of hydrogen-bond donors (Lipinski definition) is 1. The van der Waals surface area contributed by atoms with Crippen molar-refractivity contribution in [2.75, 3.05) is 6.54 Å². The maximum Gasteiger partial charge on any atom is 0.241 e. The van der Waals surface area contributed by atoms with Gasteiger partial charge in [-0.1, -0.05) is 20.8 Å². The summed E-state index contributed by atoms with van der Waals surface area (Å²) in [5, 5.41) is 3.55. The van der Waals surface area contributed by atoms with Crippen LogP contribution in [0.5, 0.6) is 0 Å². The van der Waals surface area contributed by atoms with Gasteiger partial charge in [0, 0.05) is 16.3 Å². The summed E-state index contributed by atoms with van der Waals surface area (Å²) in [5.74, 6) is 0.942. The van der Waals surface area contributed by atoms with E-state index in [1.54, 1.807) is 11.3 Å². The maximum atomic E-state index is 12.7. The van der Waals surface area contributed by atoms with Crippen LogP contribution < -0.4 is 5.32 Å². The molecule has 1 aromatic rings. The second-order valence-corrected chi connectivity index (χ2v) is 8.28. The van der Waals surface area contributed by atoms with Gasteiger partial charge in [-0.2, -0.15) is 0 Å². The van der Waals surface area contributed by atoms with Crippen LogP contribution in [0, 0.1) is 18.3 Å².